The van der Waals surface area contributed by atoms with E-state index < -0.39 is 22.5 Å². The number of hydrogen-bond acceptors (Lipinski definition) is 5. The Morgan fingerprint density at radius 2 is 2.00 bits per heavy atom. The van der Waals surface area contributed by atoms with Crippen LogP contribution in [0.25, 0.3) is 0 Å². The quantitative estimate of drug-likeness (QED) is 0.514. The first-order chi connectivity index (χ1) is 8.61. The summed E-state index contributed by atoms with van der Waals surface area (Å²) >= 11 is 0. The minimum atomic E-state index is -0.946. The molecule has 6 heteroatoms. The molecule has 0 amide bonds. The van der Waals surface area contributed by atoms with Crippen molar-refractivity contribution in [3.63, 3.8) is 0 Å². The molecule has 0 radical (unpaired) electrons. The van der Waals surface area contributed by atoms with E-state index in [0.29, 0.717) is 11.1 Å². The van der Waals surface area contributed by atoms with Crippen molar-refractivity contribution in [3.8, 4) is 0 Å². The van der Waals surface area contributed by atoms with Crippen LogP contribution in [0.15, 0.2) is 18.2 Å². The van der Waals surface area contributed by atoms with E-state index in [1.54, 1.807) is 27.7 Å². The van der Waals surface area contributed by atoms with Gasteiger partial charge in [0.15, 0.2) is 0 Å². The van der Waals surface area contributed by atoms with Crippen molar-refractivity contribution >= 4 is 11.7 Å². The molecule has 0 aromatic heterocycles. The molecular weight excluding hydrogens is 248 g/mol. The number of hydrogen-bond donors (Lipinski definition) is 1. The van der Waals surface area contributed by atoms with Gasteiger partial charge in [0.2, 0.25) is 0 Å². The lowest BCUT2D eigenvalue weighted by atomic mass is 10.0. The molecule has 1 unspecified atom stereocenters. The van der Waals surface area contributed by atoms with Crippen LogP contribution in [0.2, 0.25) is 0 Å². The molecule has 0 bridgehead atoms. The molecule has 1 aromatic carbocycles. The number of rotatable bonds is 3. The van der Waals surface area contributed by atoms with Crippen LogP contribution in [0.4, 0.5) is 5.69 Å². The van der Waals surface area contributed by atoms with Gasteiger partial charge in [0.25, 0.3) is 5.69 Å². The fraction of sp³-hybridized carbons (Fsp3) is 0.462. The van der Waals surface area contributed by atoms with Gasteiger partial charge in [-0.2, -0.15) is 0 Å². The van der Waals surface area contributed by atoms with Crippen LogP contribution < -0.4 is 5.73 Å². The number of nitrogens with zero attached hydrogens (tertiary/aromatic N) is 1. The molecule has 6 nitrogen and oxygen atoms in total. The van der Waals surface area contributed by atoms with Gasteiger partial charge in [-0.25, -0.2) is 4.79 Å². The number of carbonyl (C=O) groups excluding carboxylic acids is 1. The maximum absolute atomic E-state index is 11.8. The van der Waals surface area contributed by atoms with Gasteiger partial charge < -0.3 is 10.5 Å². The van der Waals surface area contributed by atoms with Crippen LogP contribution in [0.1, 0.15) is 37.9 Å². The zero-order valence-electron chi connectivity index (χ0n) is 11.5. The molecule has 1 aromatic rings. The molecule has 1 rings (SSSR count). The van der Waals surface area contributed by atoms with E-state index in [1.165, 1.54) is 18.2 Å². The third-order valence-electron chi connectivity index (χ3n) is 2.44. The minimum Gasteiger partial charge on any atom is -0.459 e. The monoisotopic (exact) mass is 266 g/mol. The van der Waals surface area contributed by atoms with E-state index in [9.17, 15) is 14.9 Å². The smallest absolute Gasteiger partial charge is 0.328 e. The second kappa shape index (κ2) is 5.36. The van der Waals surface area contributed by atoms with Crippen molar-refractivity contribution in [3.05, 3.63) is 39.4 Å². The fourth-order valence-electron chi connectivity index (χ4n) is 1.58. The van der Waals surface area contributed by atoms with Crippen LogP contribution in [0.5, 0.6) is 0 Å². The second-order valence-corrected chi connectivity index (χ2v) is 5.31. The van der Waals surface area contributed by atoms with Gasteiger partial charge in [-0.15, -0.1) is 0 Å². The minimum absolute atomic E-state index is 0.000128. The molecule has 2 N–H and O–H groups in total. The highest BCUT2D eigenvalue weighted by atomic mass is 16.6. The van der Waals surface area contributed by atoms with E-state index >= 15 is 0 Å². The number of nitrogens with two attached hydrogens (primary N) is 1. The standard InChI is InChI=1S/C13H18N2O4/c1-8-7-9(5-6-10(8)15(17)18)11(14)12(16)19-13(2,3)4/h5-7,11H,14H2,1-4H3. The highest BCUT2D eigenvalue weighted by Crippen LogP contribution is 2.23. The topological polar surface area (TPSA) is 95.5 Å². The molecule has 0 aliphatic heterocycles. The molecule has 0 spiro atoms. The SMILES string of the molecule is Cc1cc(C(N)C(=O)OC(C)(C)C)ccc1[N+](=O)[O-]. The van der Waals surface area contributed by atoms with E-state index in [4.69, 9.17) is 10.5 Å². The van der Waals surface area contributed by atoms with E-state index in [1.807, 2.05) is 0 Å². The molecule has 0 aliphatic rings. The van der Waals surface area contributed by atoms with Crippen LogP contribution in [0.3, 0.4) is 0 Å². The number of nitro benzene ring substituents is 1. The van der Waals surface area contributed by atoms with Gasteiger partial charge in [-0.05, 0) is 39.3 Å². The summed E-state index contributed by atoms with van der Waals surface area (Å²) in [6, 6.07) is 3.40. The first-order valence-corrected chi connectivity index (χ1v) is 5.85. The predicted molar refractivity (Wildman–Crippen MR) is 70.6 cm³/mol. The zero-order chi connectivity index (χ0) is 14.8. The third-order valence-corrected chi connectivity index (χ3v) is 2.44. The Hall–Kier alpha value is -1.95. The Morgan fingerprint density at radius 3 is 2.42 bits per heavy atom. The van der Waals surface area contributed by atoms with Crippen LogP contribution >= 0.6 is 0 Å². The molecule has 19 heavy (non-hydrogen) atoms. The summed E-state index contributed by atoms with van der Waals surface area (Å²) in [6.45, 7) is 6.85. The largest absolute Gasteiger partial charge is 0.459 e. The third kappa shape index (κ3) is 4.03. The lowest BCUT2D eigenvalue weighted by Crippen LogP contribution is -2.31. The average molecular weight is 266 g/mol. The molecule has 1 atom stereocenters. The van der Waals surface area contributed by atoms with Crippen LogP contribution in [-0.4, -0.2) is 16.5 Å². The van der Waals surface area contributed by atoms with Crippen molar-refractivity contribution in [1.29, 1.82) is 0 Å². The van der Waals surface area contributed by atoms with E-state index in [-0.39, 0.29) is 5.69 Å². The Morgan fingerprint density at radius 1 is 1.42 bits per heavy atom. The van der Waals surface area contributed by atoms with Crippen molar-refractivity contribution in [2.24, 2.45) is 5.73 Å². The first kappa shape index (κ1) is 15.1. The molecule has 0 saturated heterocycles. The maximum atomic E-state index is 11.8. The van der Waals surface area contributed by atoms with Gasteiger partial charge in [-0.1, -0.05) is 6.07 Å². The van der Waals surface area contributed by atoms with Gasteiger partial charge >= 0.3 is 5.97 Å². The molecule has 0 aliphatic carbocycles. The van der Waals surface area contributed by atoms with Gasteiger partial charge in [-0.3, -0.25) is 10.1 Å². The Kier molecular flexibility index (Phi) is 4.26. The molecule has 0 heterocycles. The van der Waals surface area contributed by atoms with Crippen molar-refractivity contribution in [1.82, 2.24) is 0 Å². The van der Waals surface area contributed by atoms with E-state index in [2.05, 4.69) is 0 Å². The van der Waals surface area contributed by atoms with Crippen molar-refractivity contribution < 1.29 is 14.5 Å². The molecule has 0 fully saturated rings. The summed E-state index contributed by atoms with van der Waals surface area (Å²) in [5, 5.41) is 10.7. The van der Waals surface area contributed by atoms with E-state index in [0.717, 1.165) is 0 Å². The van der Waals surface area contributed by atoms with Crippen molar-refractivity contribution in [2.75, 3.05) is 0 Å². The van der Waals surface area contributed by atoms with Gasteiger partial charge in [0, 0.05) is 11.6 Å². The zero-order valence-corrected chi connectivity index (χ0v) is 11.5. The number of ether oxygens (including phenoxy) is 1. The predicted octanol–water partition coefficient (Wildman–Crippen LogP) is 2.24. The molecule has 104 valence electrons. The normalized spacial score (nSPS) is 12.9. The van der Waals surface area contributed by atoms with Crippen LogP contribution in [0, 0.1) is 17.0 Å². The van der Waals surface area contributed by atoms with Gasteiger partial charge in [0.05, 0.1) is 4.92 Å². The molecule has 0 saturated carbocycles. The van der Waals surface area contributed by atoms with Crippen molar-refractivity contribution in [2.45, 2.75) is 39.3 Å². The Labute approximate surface area is 111 Å². The summed E-state index contributed by atoms with van der Waals surface area (Å²) in [5.41, 5.74) is 6.13. The number of nitro groups is 1. The summed E-state index contributed by atoms with van der Waals surface area (Å²) in [7, 11) is 0. The lowest BCUT2D eigenvalue weighted by molar-refractivity contribution is -0.385. The highest BCUT2D eigenvalue weighted by Gasteiger charge is 2.24. The van der Waals surface area contributed by atoms with Crippen LogP contribution in [-0.2, 0) is 9.53 Å². The number of aryl methyl sites for hydroxylation is 1. The number of carbonyl (C=O) groups is 1. The fourth-order valence-corrected chi connectivity index (χ4v) is 1.58. The summed E-state index contributed by atoms with van der Waals surface area (Å²) in [5.74, 6) is -0.555. The van der Waals surface area contributed by atoms with Gasteiger partial charge in [0.1, 0.15) is 11.6 Å². The summed E-state index contributed by atoms with van der Waals surface area (Å²) in [6.07, 6.45) is 0. The summed E-state index contributed by atoms with van der Waals surface area (Å²) < 4.78 is 5.17. The maximum Gasteiger partial charge on any atom is 0.328 e. The number of benzene rings is 1. The Bertz CT molecular complexity index is 506. The summed E-state index contributed by atoms with van der Waals surface area (Å²) in [4.78, 5) is 22.0. The highest BCUT2D eigenvalue weighted by molar-refractivity contribution is 5.78. The first-order valence-electron chi connectivity index (χ1n) is 5.85. The average Bonchev–Trinajstić information content (AvgIpc) is 2.24. The second-order valence-electron chi connectivity index (χ2n) is 5.31. The molecular formula is C13H18N2O4. The lowest BCUT2D eigenvalue weighted by Gasteiger charge is -2.22. The number of esters is 1. The Balaban J connectivity index is 2.95.